The van der Waals surface area contributed by atoms with E-state index in [-0.39, 0.29) is 18.6 Å². The molecule has 1 aromatic rings. The summed E-state index contributed by atoms with van der Waals surface area (Å²) in [4.78, 5) is 28.7. The van der Waals surface area contributed by atoms with E-state index in [1.165, 1.54) is 6.42 Å². The number of nitriles is 1. The molecule has 1 amide bonds. The molecule has 0 unspecified atom stereocenters. The molecule has 10 nitrogen and oxygen atoms in total. The first kappa shape index (κ1) is 25.5. The first-order valence-corrected chi connectivity index (χ1v) is 12.8. The van der Waals surface area contributed by atoms with E-state index in [9.17, 15) is 10.1 Å². The molecule has 10 heteroatoms. The van der Waals surface area contributed by atoms with E-state index in [2.05, 4.69) is 28.2 Å². The number of likely N-dealkylation sites (N-methyl/N-ethyl adjacent to an activating group) is 1. The maximum absolute atomic E-state index is 12.8. The molecule has 2 saturated heterocycles. The summed E-state index contributed by atoms with van der Waals surface area (Å²) < 4.78 is 11.8. The Morgan fingerprint density at radius 1 is 1.17 bits per heavy atom. The number of fused-ring (bicyclic) bond motifs is 1. The van der Waals surface area contributed by atoms with Crippen LogP contribution in [0.15, 0.2) is 0 Å². The number of likely N-dealkylation sites (tertiary alicyclic amines) is 1. The number of aromatic nitrogens is 2. The maximum atomic E-state index is 12.8. The Morgan fingerprint density at radius 2 is 1.97 bits per heavy atom. The zero-order valence-electron chi connectivity index (χ0n) is 21.5. The molecule has 0 bridgehead atoms. The molecule has 0 radical (unpaired) electrons. The lowest BCUT2D eigenvalue weighted by molar-refractivity contribution is 0.0144. The highest BCUT2D eigenvalue weighted by Gasteiger charge is 2.35. The quantitative estimate of drug-likeness (QED) is 0.670. The minimum Gasteiger partial charge on any atom is -0.462 e. The van der Waals surface area contributed by atoms with Crippen molar-refractivity contribution in [2.45, 2.75) is 70.6 Å². The first-order chi connectivity index (χ1) is 16.7. The summed E-state index contributed by atoms with van der Waals surface area (Å²) in [5, 5.41) is 12.9. The molecular formula is C25H39N7O3. The molecule has 1 aromatic heterocycles. The van der Waals surface area contributed by atoms with Crippen LogP contribution < -0.4 is 15.0 Å². The van der Waals surface area contributed by atoms with Gasteiger partial charge in [-0.2, -0.15) is 15.2 Å². The second-order valence-electron chi connectivity index (χ2n) is 10.7. The third-order valence-corrected chi connectivity index (χ3v) is 6.95. The van der Waals surface area contributed by atoms with Crippen LogP contribution in [0.2, 0.25) is 0 Å². The maximum Gasteiger partial charge on any atom is 0.410 e. The van der Waals surface area contributed by atoms with Gasteiger partial charge < -0.3 is 29.5 Å². The Labute approximate surface area is 208 Å². The summed E-state index contributed by atoms with van der Waals surface area (Å²) in [6.45, 7) is 10.6. The zero-order chi connectivity index (χ0) is 25.0. The molecule has 2 atom stereocenters. The molecule has 0 spiro atoms. The highest BCUT2D eigenvalue weighted by molar-refractivity contribution is 5.69. The lowest BCUT2D eigenvalue weighted by Crippen LogP contribution is -2.56. The number of hydrogen-bond donors (Lipinski definition) is 1. The number of nitrogens with zero attached hydrogens (tertiary/aromatic N) is 6. The monoisotopic (exact) mass is 485 g/mol. The van der Waals surface area contributed by atoms with Gasteiger partial charge >= 0.3 is 12.1 Å². The average molecular weight is 486 g/mol. The molecule has 192 valence electrons. The molecule has 1 N–H and O–H groups in total. The summed E-state index contributed by atoms with van der Waals surface area (Å²) in [6, 6.07) is 2.79. The average Bonchev–Trinajstić information content (AvgIpc) is 3.06. The second-order valence-corrected chi connectivity index (χ2v) is 10.7. The summed E-state index contributed by atoms with van der Waals surface area (Å²) in [5.41, 5.74) is 1.59. The van der Waals surface area contributed by atoms with Gasteiger partial charge in [0.2, 0.25) is 0 Å². The summed E-state index contributed by atoms with van der Waals surface area (Å²) in [7, 11) is 2.13. The van der Waals surface area contributed by atoms with Gasteiger partial charge in [-0.3, -0.25) is 0 Å². The molecular weight excluding hydrogens is 446 g/mol. The summed E-state index contributed by atoms with van der Waals surface area (Å²) in [6.07, 6.45) is 3.85. The van der Waals surface area contributed by atoms with E-state index in [4.69, 9.17) is 19.4 Å². The van der Waals surface area contributed by atoms with E-state index >= 15 is 0 Å². The van der Waals surface area contributed by atoms with Crippen LogP contribution in [0.25, 0.3) is 0 Å². The second kappa shape index (κ2) is 11.0. The van der Waals surface area contributed by atoms with Gasteiger partial charge in [-0.1, -0.05) is 0 Å². The van der Waals surface area contributed by atoms with Crippen molar-refractivity contribution < 1.29 is 14.3 Å². The van der Waals surface area contributed by atoms with Gasteiger partial charge in [-0.25, -0.2) is 4.79 Å². The summed E-state index contributed by atoms with van der Waals surface area (Å²) in [5.74, 6) is 0.875. The highest BCUT2D eigenvalue weighted by atomic mass is 16.6. The molecule has 35 heavy (non-hydrogen) atoms. The molecule has 4 rings (SSSR count). The molecule has 3 aliphatic rings. The van der Waals surface area contributed by atoms with Crippen LogP contribution >= 0.6 is 0 Å². The Morgan fingerprint density at radius 3 is 2.69 bits per heavy atom. The van der Waals surface area contributed by atoms with Gasteiger partial charge in [0.15, 0.2) is 0 Å². The lowest BCUT2D eigenvalue weighted by Gasteiger charge is -2.42. The van der Waals surface area contributed by atoms with Crippen molar-refractivity contribution in [2.24, 2.45) is 0 Å². The minimum atomic E-state index is -0.581. The molecule has 0 saturated carbocycles. The van der Waals surface area contributed by atoms with Gasteiger partial charge in [0, 0.05) is 44.2 Å². The normalized spacial score (nSPS) is 23.4. The molecule has 0 aliphatic carbocycles. The van der Waals surface area contributed by atoms with Crippen molar-refractivity contribution in [3.63, 3.8) is 0 Å². The standard InChI is InChI=1S/C25H39N7O3/c1-25(2,3)35-24(33)32-15-14-31(16-18(32)7-10-26)22-20-8-11-27-12-9-21(20)28-23(29-22)34-17-19-6-5-13-30(19)4/h18-19,27H,5-9,11-17H2,1-4H3/t18-,19+/m1/s1. The number of carbonyl (C=O) groups excluding carboxylic acids is 1. The third-order valence-electron chi connectivity index (χ3n) is 6.95. The van der Waals surface area contributed by atoms with Crippen LogP contribution in [-0.4, -0.2) is 96.5 Å². The van der Waals surface area contributed by atoms with Crippen molar-refractivity contribution in [1.82, 2.24) is 25.1 Å². The predicted octanol–water partition coefficient (Wildman–Crippen LogP) is 1.98. The fourth-order valence-electron chi connectivity index (χ4n) is 5.08. The van der Waals surface area contributed by atoms with E-state index < -0.39 is 5.60 Å². The molecule has 4 heterocycles. The van der Waals surface area contributed by atoms with Crippen LogP contribution in [0.5, 0.6) is 6.01 Å². The van der Waals surface area contributed by atoms with Crippen molar-refractivity contribution in [3.8, 4) is 12.1 Å². The van der Waals surface area contributed by atoms with Crippen molar-refractivity contribution in [3.05, 3.63) is 11.3 Å². The number of ether oxygens (including phenoxy) is 2. The summed E-state index contributed by atoms with van der Waals surface area (Å²) >= 11 is 0. The van der Waals surface area contributed by atoms with E-state index in [1.807, 2.05) is 20.8 Å². The number of piperazine rings is 1. The lowest BCUT2D eigenvalue weighted by atomic mass is 10.1. The van der Waals surface area contributed by atoms with Crippen molar-refractivity contribution in [1.29, 1.82) is 5.26 Å². The fourth-order valence-corrected chi connectivity index (χ4v) is 5.08. The zero-order valence-corrected chi connectivity index (χ0v) is 21.5. The van der Waals surface area contributed by atoms with Crippen molar-refractivity contribution >= 4 is 11.9 Å². The van der Waals surface area contributed by atoms with Gasteiger partial charge in [0.25, 0.3) is 0 Å². The Hall–Kier alpha value is -2.64. The van der Waals surface area contributed by atoms with Crippen molar-refractivity contribution in [2.75, 3.05) is 57.8 Å². The number of rotatable bonds is 5. The number of hydrogen-bond acceptors (Lipinski definition) is 9. The van der Waals surface area contributed by atoms with Crippen LogP contribution in [0.1, 0.15) is 51.3 Å². The smallest absolute Gasteiger partial charge is 0.410 e. The number of amides is 1. The van der Waals surface area contributed by atoms with E-state index in [1.54, 1.807) is 4.90 Å². The van der Waals surface area contributed by atoms with E-state index in [0.29, 0.717) is 38.3 Å². The van der Waals surface area contributed by atoms with Crippen LogP contribution in [0.3, 0.4) is 0 Å². The highest BCUT2D eigenvalue weighted by Crippen LogP contribution is 2.29. The Bertz CT molecular complexity index is 942. The van der Waals surface area contributed by atoms with Crippen LogP contribution in [0, 0.1) is 11.3 Å². The number of carbonyl (C=O) groups is 1. The topological polar surface area (TPSA) is 107 Å². The SMILES string of the molecule is CN1CCC[C@H]1COc1nc2c(c(N3CCN(C(=O)OC(C)(C)C)[C@H](CC#N)C3)n1)CCNCC2. The molecule has 3 aliphatic heterocycles. The van der Waals surface area contributed by atoms with Gasteiger partial charge in [0.1, 0.15) is 18.0 Å². The molecule has 0 aromatic carbocycles. The number of anilines is 1. The van der Waals surface area contributed by atoms with E-state index in [0.717, 1.165) is 56.0 Å². The van der Waals surface area contributed by atoms with Gasteiger partial charge in [0.05, 0.1) is 24.2 Å². The predicted molar refractivity (Wildman–Crippen MR) is 133 cm³/mol. The fraction of sp³-hybridized carbons (Fsp3) is 0.760. The largest absolute Gasteiger partial charge is 0.462 e. The van der Waals surface area contributed by atoms with Gasteiger partial charge in [-0.15, -0.1) is 0 Å². The van der Waals surface area contributed by atoms with Gasteiger partial charge in [-0.05, 0) is 60.2 Å². The minimum absolute atomic E-state index is 0.238. The molecule has 2 fully saturated rings. The Balaban J connectivity index is 1.56. The van der Waals surface area contributed by atoms with Crippen LogP contribution in [0.4, 0.5) is 10.6 Å². The third kappa shape index (κ3) is 6.33. The number of nitrogens with one attached hydrogen (secondary N) is 1. The van der Waals surface area contributed by atoms with Crippen LogP contribution in [-0.2, 0) is 17.6 Å². The first-order valence-electron chi connectivity index (χ1n) is 12.8. The Kier molecular flexibility index (Phi) is 7.97.